The highest BCUT2D eigenvalue weighted by atomic mass is 16.4. The summed E-state index contributed by atoms with van der Waals surface area (Å²) in [6.45, 7) is -1.21. The highest BCUT2D eigenvalue weighted by Gasteiger charge is 2.29. The molecule has 7 heteroatoms. The van der Waals surface area contributed by atoms with Gasteiger partial charge in [0.1, 0.15) is 18.3 Å². The van der Waals surface area contributed by atoms with E-state index in [2.05, 4.69) is 5.32 Å². The van der Waals surface area contributed by atoms with E-state index in [4.69, 9.17) is 20.4 Å². The van der Waals surface area contributed by atoms with Crippen molar-refractivity contribution in [3.8, 4) is 0 Å². The Morgan fingerprint density at radius 2 is 1.36 bits per heavy atom. The topological polar surface area (TPSA) is 133 Å². The van der Waals surface area contributed by atoms with Gasteiger partial charge in [-0.15, -0.1) is 0 Å². The Kier molecular flexibility index (Phi) is 6.93. The molecule has 7 N–H and O–H groups in total. The van der Waals surface area contributed by atoms with Crippen molar-refractivity contribution < 1.29 is 30.6 Å². The van der Waals surface area contributed by atoms with Gasteiger partial charge in [0.15, 0.2) is 0 Å². The van der Waals surface area contributed by atoms with E-state index in [9.17, 15) is 10.2 Å². The molecule has 0 aliphatic carbocycles. The summed E-state index contributed by atoms with van der Waals surface area (Å²) in [6, 6.07) is 0. The zero-order valence-electron chi connectivity index (χ0n) is 7.61. The van der Waals surface area contributed by atoms with Gasteiger partial charge in [0.25, 0.3) is 0 Å². The summed E-state index contributed by atoms with van der Waals surface area (Å²) in [5.74, 6) is 0. The first-order valence-electron chi connectivity index (χ1n) is 4.19. The fourth-order valence-electron chi connectivity index (χ4n) is 0.896. The van der Waals surface area contributed by atoms with Crippen molar-refractivity contribution in [2.75, 3.05) is 19.9 Å². The van der Waals surface area contributed by atoms with Crippen molar-refractivity contribution in [3.05, 3.63) is 0 Å². The molecule has 0 aromatic carbocycles. The van der Waals surface area contributed by atoms with Crippen LogP contribution in [0.25, 0.3) is 0 Å². The summed E-state index contributed by atoms with van der Waals surface area (Å²) in [4.78, 5) is 0. The maximum absolute atomic E-state index is 9.22. The molecule has 0 spiro atoms. The normalized spacial score (nSPS) is 20.1. The van der Waals surface area contributed by atoms with Crippen LogP contribution in [0, 0.1) is 0 Å². The molecule has 0 fully saturated rings. The molecule has 0 saturated carbocycles. The molecule has 0 radical (unpaired) electrons. The fourth-order valence-corrected chi connectivity index (χ4v) is 0.896. The van der Waals surface area contributed by atoms with E-state index in [0.29, 0.717) is 0 Å². The predicted octanol–water partition coefficient (Wildman–Crippen LogP) is -4.04. The van der Waals surface area contributed by atoms with Gasteiger partial charge in [-0.1, -0.05) is 0 Å². The molecule has 4 unspecified atom stereocenters. The Bertz CT molecular complexity index is 146. The van der Waals surface area contributed by atoms with Crippen molar-refractivity contribution >= 4 is 0 Å². The van der Waals surface area contributed by atoms with E-state index in [1.165, 1.54) is 0 Å². The molecule has 86 valence electrons. The first-order valence-corrected chi connectivity index (χ1v) is 4.19. The number of aliphatic hydroxyl groups is 6. The van der Waals surface area contributed by atoms with Crippen LogP contribution in [0.15, 0.2) is 0 Å². The lowest BCUT2D eigenvalue weighted by Crippen LogP contribution is -2.49. The zero-order chi connectivity index (χ0) is 11.1. The molecule has 7 nitrogen and oxygen atoms in total. The van der Waals surface area contributed by atoms with Gasteiger partial charge in [-0.25, -0.2) is 0 Å². The molecular formula is C7H17NO6. The van der Waals surface area contributed by atoms with Gasteiger partial charge in [-0.2, -0.15) is 0 Å². The molecule has 0 aromatic rings. The zero-order valence-corrected chi connectivity index (χ0v) is 7.61. The lowest BCUT2D eigenvalue weighted by atomic mass is 10.0. The smallest absolute Gasteiger partial charge is 0.111 e. The third kappa shape index (κ3) is 4.29. The second-order valence-corrected chi connectivity index (χ2v) is 2.91. The molecule has 0 bridgehead atoms. The van der Waals surface area contributed by atoms with E-state index < -0.39 is 31.0 Å². The lowest BCUT2D eigenvalue weighted by molar-refractivity contribution is -0.114. The van der Waals surface area contributed by atoms with E-state index >= 15 is 0 Å². The lowest BCUT2D eigenvalue weighted by Gasteiger charge is -2.25. The molecule has 0 amide bonds. The van der Waals surface area contributed by atoms with Gasteiger partial charge in [-0.05, 0) is 0 Å². The average Bonchev–Trinajstić information content (AvgIpc) is 2.22. The molecule has 0 rings (SSSR count). The van der Waals surface area contributed by atoms with Crippen LogP contribution in [0.4, 0.5) is 0 Å². The van der Waals surface area contributed by atoms with Crippen LogP contribution >= 0.6 is 0 Å². The minimum absolute atomic E-state index is 0.132. The SMILES string of the molecule is OCNCC(O)C(O)C(O)C(O)CO. The van der Waals surface area contributed by atoms with Crippen LogP contribution in [0.5, 0.6) is 0 Å². The average molecular weight is 211 g/mol. The number of hydrogen-bond donors (Lipinski definition) is 7. The van der Waals surface area contributed by atoms with Gasteiger partial charge in [0, 0.05) is 6.54 Å². The minimum Gasteiger partial charge on any atom is -0.394 e. The highest BCUT2D eigenvalue weighted by Crippen LogP contribution is 2.04. The number of hydrogen-bond acceptors (Lipinski definition) is 7. The third-order valence-corrected chi connectivity index (χ3v) is 1.79. The van der Waals surface area contributed by atoms with Crippen molar-refractivity contribution in [3.63, 3.8) is 0 Å². The monoisotopic (exact) mass is 211 g/mol. The maximum atomic E-state index is 9.22. The van der Waals surface area contributed by atoms with Crippen LogP contribution in [-0.4, -0.2) is 74.9 Å². The maximum Gasteiger partial charge on any atom is 0.111 e. The van der Waals surface area contributed by atoms with Crippen LogP contribution in [0.2, 0.25) is 0 Å². The molecule has 0 aliphatic heterocycles. The summed E-state index contributed by atoms with van der Waals surface area (Å²) < 4.78 is 0. The van der Waals surface area contributed by atoms with Crippen molar-refractivity contribution in [2.24, 2.45) is 0 Å². The first kappa shape index (κ1) is 13.7. The van der Waals surface area contributed by atoms with Crippen LogP contribution in [-0.2, 0) is 0 Å². The third-order valence-electron chi connectivity index (χ3n) is 1.79. The summed E-state index contributed by atoms with van der Waals surface area (Å²) in [5.41, 5.74) is 0. The van der Waals surface area contributed by atoms with Crippen LogP contribution in [0.3, 0.4) is 0 Å². The summed E-state index contributed by atoms with van der Waals surface area (Å²) in [7, 11) is 0. The molecule has 0 aromatic heterocycles. The van der Waals surface area contributed by atoms with Crippen molar-refractivity contribution in [1.82, 2.24) is 5.32 Å². The van der Waals surface area contributed by atoms with E-state index in [-0.39, 0.29) is 13.3 Å². The molecule has 0 heterocycles. The van der Waals surface area contributed by atoms with Gasteiger partial charge in [0.2, 0.25) is 0 Å². The molecule has 14 heavy (non-hydrogen) atoms. The van der Waals surface area contributed by atoms with Gasteiger partial charge in [-0.3, -0.25) is 5.32 Å². The second kappa shape index (κ2) is 7.07. The number of nitrogens with one attached hydrogen (secondary N) is 1. The second-order valence-electron chi connectivity index (χ2n) is 2.91. The fraction of sp³-hybridized carbons (Fsp3) is 1.00. The predicted molar refractivity (Wildman–Crippen MR) is 46.2 cm³/mol. The van der Waals surface area contributed by atoms with Crippen LogP contribution in [0.1, 0.15) is 0 Å². The molecular weight excluding hydrogens is 194 g/mol. The number of aliphatic hydroxyl groups excluding tert-OH is 6. The van der Waals surface area contributed by atoms with Crippen LogP contribution < -0.4 is 5.32 Å². The Morgan fingerprint density at radius 1 is 0.857 bits per heavy atom. The summed E-state index contributed by atoms with van der Waals surface area (Å²) >= 11 is 0. The number of rotatable bonds is 7. The Labute approximate surface area is 81.2 Å². The van der Waals surface area contributed by atoms with Gasteiger partial charge < -0.3 is 30.6 Å². The first-order chi connectivity index (χ1) is 6.54. The molecule has 0 saturated heterocycles. The highest BCUT2D eigenvalue weighted by molar-refractivity contribution is 4.81. The standard InChI is InChI=1S/C7H17NO6/c9-2-5(12)7(14)6(13)4(11)1-8-3-10/h4-14H,1-3H2. The molecule has 4 atom stereocenters. The van der Waals surface area contributed by atoms with E-state index in [0.717, 1.165) is 0 Å². The van der Waals surface area contributed by atoms with Crippen molar-refractivity contribution in [1.29, 1.82) is 0 Å². The van der Waals surface area contributed by atoms with E-state index in [1.807, 2.05) is 0 Å². The van der Waals surface area contributed by atoms with Gasteiger partial charge >= 0.3 is 0 Å². The summed E-state index contributed by atoms with van der Waals surface area (Å²) in [6.07, 6.45) is -6.06. The Hall–Kier alpha value is -0.280. The largest absolute Gasteiger partial charge is 0.394 e. The molecule has 0 aliphatic rings. The minimum atomic E-state index is -1.63. The Balaban J connectivity index is 3.95. The van der Waals surface area contributed by atoms with Gasteiger partial charge in [0.05, 0.1) is 19.4 Å². The Morgan fingerprint density at radius 3 is 1.79 bits per heavy atom. The quantitative estimate of drug-likeness (QED) is 0.213. The van der Waals surface area contributed by atoms with E-state index in [1.54, 1.807) is 0 Å². The van der Waals surface area contributed by atoms with Crippen molar-refractivity contribution in [2.45, 2.75) is 24.4 Å². The summed E-state index contributed by atoms with van der Waals surface area (Å²) in [5, 5.41) is 55.6.